The van der Waals surface area contributed by atoms with E-state index in [1.807, 2.05) is 48.5 Å². The minimum atomic E-state index is 0.203. The highest BCUT2D eigenvalue weighted by atomic mass is 35.5. The SMILES string of the molecule is COc1cccc(CNc2nc(Cl)nc3cccc(-c4ccccc4)c23)n1. The highest BCUT2D eigenvalue weighted by Gasteiger charge is 2.12. The summed E-state index contributed by atoms with van der Waals surface area (Å²) in [6, 6.07) is 21.8. The van der Waals surface area contributed by atoms with Crippen molar-refractivity contribution in [3.63, 3.8) is 0 Å². The highest BCUT2D eigenvalue weighted by Crippen LogP contribution is 2.33. The molecule has 134 valence electrons. The Labute approximate surface area is 162 Å². The summed E-state index contributed by atoms with van der Waals surface area (Å²) in [5, 5.41) is 4.48. The molecule has 0 amide bonds. The molecule has 0 unspecified atom stereocenters. The van der Waals surface area contributed by atoms with Gasteiger partial charge in [-0.1, -0.05) is 48.5 Å². The predicted molar refractivity (Wildman–Crippen MR) is 108 cm³/mol. The lowest BCUT2D eigenvalue weighted by Crippen LogP contribution is -2.06. The van der Waals surface area contributed by atoms with Crippen LogP contribution in [0.25, 0.3) is 22.0 Å². The average molecular weight is 377 g/mol. The molecule has 2 aromatic heterocycles. The first-order chi connectivity index (χ1) is 13.2. The number of nitrogens with zero attached hydrogens (tertiary/aromatic N) is 3. The number of halogens is 1. The standard InChI is InChI=1S/C21H17ClN4O/c1-27-18-12-5-9-15(24-18)13-23-20-19-16(14-7-3-2-4-8-14)10-6-11-17(19)25-21(22)26-20/h2-12H,13H2,1H3,(H,23,25,26). The minimum absolute atomic E-state index is 0.203. The topological polar surface area (TPSA) is 59.9 Å². The van der Waals surface area contributed by atoms with E-state index in [-0.39, 0.29) is 5.28 Å². The number of methoxy groups -OCH3 is 1. The van der Waals surface area contributed by atoms with Crippen molar-refractivity contribution in [3.05, 3.63) is 77.7 Å². The maximum Gasteiger partial charge on any atom is 0.224 e. The van der Waals surface area contributed by atoms with Crippen LogP contribution in [0.5, 0.6) is 5.88 Å². The Balaban J connectivity index is 1.77. The monoisotopic (exact) mass is 376 g/mol. The van der Waals surface area contributed by atoms with Gasteiger partial charge in [0.15, 0.2) is 0 Å². The van der Waals surface area contributed by atoms with Crippen LogP contribution in [0.2, 0.25) is 5.28 Å². The molecule has 0 aliphatic heterocycles. The number of hydrogen-bond donors (Lipinski definition) is 1. The summed E-state index contributed by atoms with van der Waals surface area (Å²) in [6.07, 6.45) is 0. The number of fused-ring (bicyclic) bond motifs is 1. The largest absolute Gasteiger partial charge is 0.481 e. The molecule has 4 rings (SSSR count). The quantitative estimate of drug-likeness (QED) is 0.498. The van der Waals surface area contributed by atoms with Crippen molar-refractivity contribution < 1.29 is 4.74 Å². The molecule has 5 nitrogen and oxygen atoms in total. The lowest BCUT2D eigenvalue weighted by Gasteiger charge is -2.13. The molecule has 0 radical (unpaired) electrons. The Morgan fingerprint density at radius 3 is 2.52 bits per heavy atom. The summed E-state index contributed by atoms with van der Waals surface area (Å²) in [7, 11) is 1.60. The molecule has 0 bridgehead atoms. The summed E-state index contributed by atoms with van der Waals surface area (Å²) in [6.45, 7) is 0.489. The van der Waals surface area contributed by atoms with Crippen molar-refractivity contribution in [1.82, 2.24) is 15.0 Å². The van der Waals surface area contributed by atoms with Crippen LogP contribution in [0.4, 0.5) is 5.82 Å². The van der Waals surface area contributed by atoms with E-state index in [9.17, 15) is 0 Å². The Morgan fingerprint density at radius 1 is 0.889 bits per heavy atom. The van der Waals surface area contributed by atoms with Crippen molar-refractivity contribution in [3.8, 4) is 17.0 Å². The number of pyridine rings is 1. The van der Waals surface area contributed by atoms with Gasteiger partial charge < -0.3 is 10.1 Å². The molecular formula is C21H17ClN4O. The van der Waals surface area contributed by atoms with E-state index in [1.54, 1.807) is 7.11 Å². The summed E-state index contributed by atoms with van der Waals surface area (Å²) in [5.74, 6) is 1.25. The van der Waals surface area contributed by atoms with E-state index in [0.717, 1.165) is 27.7 Å². The van der Waals surface area contributed by atoms with E-state index in [1.165, 1.54) is 0 Å². The van der Waals surface area contributed by atoms with Crippen molar-refractivity contribution in [1.29, 1.82) is 0 Å². The van der Waals surface area contributed by atoms with Gasteiger partial charge in [-0.25, -0.2) is 15.0 Å². The third kappa shape index (κ3) is 3.68. The zero-order chi connectivity index (χ0) is 18.6. The molecule has 0 aliphatic rings. The van der Waals surface area contributed by atoms with Gasteiger partial charge in [-0.3, -0.25) is 0 Å². The Kier molecular flexibility index (Phi) is 4.85. The number of aromatic nitrogens is 3. The van der Waals surface area contributed by atoms with Gasteiger partial charge in [0.2, 0.25) is 11.2 Å². The molecule has 2 aromatic carbocycles. The van der Waals surface area contributed by atoms with E-state index in [0.29, 0.717) is 18.2 Å². The van der Waals surface area contributed by atoms with Gasteiger partial charge in [-0.15, -0.1) is 0 Å². The second-order valence-corrected chi connectivity index (χ2v) is 6.27. The molecule has 0 aliphatic carbocycles. The van der Waals surface area contributed by atoms with Crippen LogP contribution >= 0.6 is 11.6 Å². The van der Waals surface area contributed by atoms with Crippen molar-refractivity contribution >= 4 is 28.3 Å². The van der Waals surface area contributed by atoms with Gasteiger partial charge in [0.1, 0.15) is 5.82 Å². The zero-order valence-corrected chi connectivity index (χ0v) is 15.4. The molecule has 6 heteroatoms. The first-order valence-electron chi connectivity index (χ1n) is 8.50. The second kappa shape index (κ2) is 7.60. The maximum atomic E-state index is 6.15. The van der Waals surface area contributed by atoms with Crippen LogP contribution < -0.4 is 10.1 Å². The predicted octanol–water partition coefficient (Wildman–Crippen LogP) is 4.97. The van der Waals surface area contributed by atoms with E-state index in [4.69, 9.17) is 16.3 Å². The molecule has 0 atom stereocenters. The van der Waals surface area contributed by atoms with Gasteiger partial charge >= 0.3 is 0 Å². The maximum absolute atomic E-state index is 6.15. The van der Waals surface area contributed by atoms with Gasteiger partial charge in [-0.2, -0.15) is 0 Å². The van der Waals surface area contributed by atoms with Crippen molar-refractivity contribution in [2.45, 2.75) is 6.54 Å². The molecule has 0 fully saturated rings. The van der Waals surface area contributed by atoms with Crippen LogP contribution in [0.1, 0.15) is 5.69 Å². The van der Waals surface area contributed by atoms with Crippen LogP contribution in [0.3, 0.4) is 0 Å². The van der Waals surface area contributed by atoms with Gasteiger partial charge in [0.25, 0.3) is 0 Å². The lowest BCUT2D eigenvalue weighted by molar-refractivity contribution is 0.396. The Bertz CT molecular complexity index is 1090. The first kappa shape index (κ1) is 17.2. The van der Waals surface area contributed by atoms with Crippen LogP contribution in [-0.2, 0) is 6.54 Å². The van der Waals surface area contributed by atoms with Crippen LogP contribution in [0.15, 0.2) is 66.7 Å². The van der Waals surface area contributed by atoms with Crippen LogP contribution in [0, 0.1) is 0 Å². The normalized spacial score (nSPS) is 10.7. The van der Waals surface area contributed by atoms with Crippen LogP contribution in [-0.4, -0.2) is 22.1 Å². The molecule has 27 heavy (non-hydrogen) atoms. The van der Waals surface area contributed by atoms with Gasteiger partial charge in [-0.05, 0) is 34.9 Å². The molecule has 0 saturated carbocycles. The summed E-state index contributed by atoms with van der Waals surface area (Å²) < 4.78 is 5.19. The summed E-state index contributed by atoms with van der Waals surface area (Å²) in [4.78, 5) is 13.2. The number of anilines is 1. The number of benzene rings is 2. The molecule has 2 heterocycles. The third-order valence-electron chi connectivity index (χ3n) is 4.21. The number of hydrogen-bond acceptors (Lipinski definition) is 5. The molecule has 0 saturated heterocycles. The van der Waals surface area contributed by atoms with E-state index >= 15 is 0 Å². The summed E-state index contributed by atoms with van der Waals surface area (Å²) >= 11 is 6.15. The third-order valence-corrected chi connectivity index (χ3v) is 4.38. The Morgan fingerprint density at radius 2 is 1.70 bits per heavy atom. The first-order valence-corrected chi connectivity index (χ1v) is 8.88. The Hall–Kier alpha value is -3.18. The van der Waals surface area contributed by atoms with Crippen molar-refractivity contribution in [2.75, 3.05) is 12.4 Å². The zero-order valence-electron chi connectivity index (χ0n) is 14.7. The van der Waals surface area contributed by atoms with E-state index in [2.05, 4.69) is 38.5 Å². The van der Waals surface area contributed by atoms with Gasteiger partial charge in [0.05, 0.1) is 30.3 Å². The fraction of sp³-hybridized carbons (Fsp3) is 0.0952. The number of rotatable bonds is 5. The second-order valence-electron chi connectivity index (χ2n) is 5.93. The molecule has 0 spiro atoms. The summed E-state index contributed by atoms with van der Waals surface area (Å²) in [5.41, 5.74) is 3.77. The smallest absolute Gasteiger partial charge is 0.224 e. The average Bonchev–Trinajstić information content (AvgIpc) is 2.72. The fourth-order valence-electron chi connectivity index (χ4n) is 2.98. The molecule has 1 N–H and O–H groups in total. The van der Waals surface area contributed by atoms with Crippen molar-refractivity contribution in [2.24, 2.45) is 0 Å². The number of ether oxygens (including phenoxy) is 1. The van der Waals surface area contributed by atoms with E-state index < -0.39 is 0 Å². The fourth-order valence-corrected chi connectivity index (χ4v) is 3.16. The number of nitrogens with one attached hydrogen (secondary N) is 1. The van der Waals surface area contributed by atoms with Gasteiger partial charge in [0, 0.05) is 6.07 Å². The lowest BCUT2D eigenvalue weighted by atomic mass is 10.0. The molecule has 4 aromatic rings. The molecular weight excluding hydrogens is 360 g/mol. The highest BCUT2D eigenvalue weighted by molar-refractivity contribution is 6.29. The minimum Gasteiger partial charge on any atom is -0.481 e.